The molecule has 0 unspecified atom stereocenters. The van der Waals surface area contributed by atoms with Crippen molar-refractivity contribution in [2.45, 2.75) is 4.90 Å². The Kier molecular flexibility index (Phi) is 7.71. The quantitative estimate of drug-likeness (QED) is 0.291. The molecule has 1 amide bonds. The van der Waals surface area contributed by atoms with Gasteiger partial charge in [-0.25, -0.2) is 13.8 Å². The third-order valence-corrected chi connectivity index (χ3v) is 5.97. The van der Waals surface area contributed by atoms with Gasteiger partial charge < -0.3 is 4.74 Å². The second-order valence-electron chi connectivity index (χ2n) is 6.50. The molecule has 8 nitrogen and oxygen atoms in total. The Morgan fingerprint density at radius 2 is 1.94 bits per heavy atom. The lowest BCUT2D eigenvalue weighted by Crippen LogP contribution is -2.39. The average molecular weight is 451 g/mol. The zero-order chi connectivity index (χ0) is 22.8. The van der Waals surface area contributed by atoms with Crippen molar-refractivity contribution >= 4 is 27.8 Å². The summed E-state index contributed by atoms with van der Waals surface area (Å²) in [5.74, 6) is 0.0283. The number of amides is 1. The van der Waals surface area contributed by atoms with Crippen LogP contribution in [0.1, 0.15) is 5.56 Å². The summed E-state index contributed by atoms with van der Waals surface area (Å²) in [6.45, 7) is 3.50. The minimum atomic E-state index is -3.98. The maximum atomic E-state index is 13.1. The molecule has 0 atom stereocenters. The molecule has 0 radical (unpaired) electrons. The first-order valence-corrected chi connectivity index (χ1v) is 11.1. The van der Waals surface area contributed by atoms with E-state index < -0.39 is 22.5 Å². The molecule has 0 spiro atoms. The molecule has 3 rings (SSSR count). The fourth-order valence-electron chi connectivity index (χ4n) is 2.72. The molecule has 1 N–H and O–H groups in total. The van der Waals surface area contributed by atoms with Crippen LogP contribution in [0.3, 0.4) is 0 Å². The lowest BCUT2D eigenvalue weighted by Gasteiger charge is -2.23. The van der Waals surface area contributed by atoms with Crippen LogP contribution >= 0.6 is 0 Å². The molecule has 1 aromatic heterocycles. The minimum Gasteiger partial charge on any atom is -0.490 e. The van der Waals surface area contributed by atoms with Crippen molar-refractivity contribution in [2.75, 3.05) is 17.5 Å². The van der Waals surface area contributed by atoms with Gasteiger partial charge in [-0.1, -0.05) is 43.0 Å². The van der Waals surface area contributed by atoms with E-state index in [2.05, 4.69) is 22.1 Å². The predicted molar refractivity (Wildman–Crippen MR) is 123 cm³/mol. The van der Waals surface area contributed by atoms with Crippen LogP contribution in [0.25, 0.3) is 0 Å². The van der Waals surface area contributed by atoms with E-state index in [0.717, 1.165) is 4.31 Å². The van der Waals surface area contributed by atoms with Crippen LogP contribution < -0.4 is 14.5 Å². The number of carbonyl (C=O) groups is 1. The molecule has 0 fully saturated rings. The second-order valence-corrected chi connectivity index (χ2v) is 8.36. The van der Waals surface area contributed by atoms with E-state index in [1.807, 2.05) is 0 Å². The highest BCUT2D eigenvalue weighted by Gasteiger charge is 2.27. The Labute approximate surface area is 186 Å². The molecule has 32 heavy (non-hydrogen) atoms. The third-order valence-electron chi connectivity index (χ3n) is 4.18. The number of hydrogen-bond acceptors (Lipinski definition) is 6. The van der Waals surface area contributed by atoms with Gasteiger partial charge in [0.1, 0.15) is 18.9 Å². The molecule has 164 valence electrons. The zero-order valence-corrected chi connectivity index (χ0v) is 18.0. The number of pyridine rings is 1. The van der Waals surface area contributed by atoms with Crippen LogP contribution in [0.15, 0.2) is 102 Å². The fraction of sp³-hybridized carbons (Fsp3) is 0.0870. The SMILES string of the molecule is C=CCOc1cccc(/C=N\NC(=O)CN(c2cccnc2)S(=O)(=O)c2ccccc2)c1. The monoisotopic (exact) mass is 450 g/mol. The first-order valence-electron chi connectivity index (χ1n) is 9.64. The van der Waals surface area contributed by atoms with Crippen molar-refractivity contribution in [2.24, 2.45) is 5.10 Å². The zero-order valence-electron chi connectivity index (χ0n) is 17.2. The van der Waals surface area contributed by atoms with Crippen LogP contribution in [0.2, 0.25) is 0 Å². The van der Waals surface area contributed by atoms with Gasteiger partial charge in [0.2, 0.25) is 0 Å². The van der Waals surface area contributed by atoms with E-state index in [1.54, 1.807) is 60.7 Å². The molecule has 9 heteroatoms. The Morgan fingerprint density at radius 1 is 1.12 bits per heavy atom. The number of rotatable bonds is 10. The summed E-state index contributed by atoms with van der Waals surface area (Å²) in [4.78, 5) is 16.5. The van der Waals surface area contributed by atoms with E-state index in [-0.39, 0.29) is 10.6 Å². The van der Waals surface area contributed by atoms with E-state index in [4.69, 9.17) is 4.74 Å². The summed E-state index contributed by atoms with van der Waals surface area (Å²) in [7, 11) is -3.98. The number of carbonyl (C=O) groups excluding carboxylic acids is 1. The van der Waals surface area contributed by atoms with Gasteiger partial charge in [0, 0.05) is 6.20 Å². The molecule has 0 aliphatic rings. The van der Waals surface area contributed by atoms with Gasteiger partial charge in [-0.15, -0.1) is 0 Å². The molecule has 0 saturated carbocycles. The Bertz CT molecular complexity index is 1180. The first kappa shape index (κ1) is 22.7. The predicted octanol–water partition coefficient (Wildman–Crippen LogP) is 2.99. The lowest BCUT2D eigenvalue weighted by atomic mass is 10.2. The van der Waals surface area contributed by atoms with Crippen molar-refractivity contribution < 1.29 is 17.9 Å². The average Bonchev–Trinajstić information content (AvgIpc) is 2.82. The van der Waals surface area contributed by atoms with Gasteiger partial charge in [0.25, 0.3) is 15.9 Å². The highest BCUT2D eigenvalue weighted by molar-refractivity contribution is 7.92. The number of nitrogens with zero attached hydrogens (tertiary/aromatic N) is 3. The van der Waals surface area contributed by atoms with Crippen LogP contribution in [0, 0.1) is 0 Å². The number of aromatic nitrogens is 1. The molecule has 0 aliphatic carbocycles. The molecule has 2 aromatic carbocycles. The summed E-state index contributed by atoms with van der Waals surface area (Å²) in [6, 6.07) is 18.2. The smallest absolute Gasteiger partial charge is 0.264 e. The number of hydrogen-bond donors (Lipinski definition) is 1. The Hall–Kier alpha value is -3.98. The van der Waals surface area contributed by atoms with Crippen LogP contribution in [0.4, 0.5) is 5.69 Å². The van der Waals surface area contributed by atoms with E-state index >= 15 is 0 Å². The van der Waals surface area contributed by atoms with Crippen LogP contribution in [-0.4, -0.2) is 38.7 Å². The van der Waals surface area contributed by atoms with Gasteiger partial charge in [0.15, 0.2) is 0 Å². The van der Waals surface area contributed by atoms with Gasteiger partial charge >= 0.3 is 0 Å². The van der Waals surface area contributed by atoms with Gasteiger partial charge in [-0.2, -0.15) is 5.10 Å². The second kappa shape index (κ2) is 10.9. The molecule has 1 heterocycles. The minimum absolute atomic E-state index is 0.0662. The maximum Gasteiger partial charge on any atom is 0.264 e. The number of ether oxygens (including phenoxy) is 1. The topological polar surface area (TPSA) is 101 Å². The Balaban J connectivity index is 1.74. The van der Waals surface area contributed by atoms with Crippen molar-refractivity contribution in [3.05, 3.63) is 97.3 Å². The summed E-state index contributed by atoms with van der Waals surface area (Å²) in [5, 5.41) is 3.93. The van der Waals surface area contributed by atoms with E-state index in [0.29, 0.717) is 17.9 Å². The summed E-state index contributed by atoms with van der Waals surface area (Å²) in [6.07, 6.45) is 5.98. The largest absolute Gasteiger partial charge is 0.490 e. The highest BCUT2D eigenvalue weighted by Crippen LogP contribution is 2.22. The van der Waals surface area contributed by atoms with Gasteiger partial charge in [-0.05, 0) is 42.0 Å². The number of benzene rings is 2. The number of nitrogens with one attached hydrogen (secondary N) is 1. The maximum absolute atomic E-state index is 13.1. The van der Waals surface area contributed by atoms with E-state index in [1.165, 1.54) is 30.7 Å². The van der Waals surface area contributed by atoms with Crippen LogP contribution in [0.5, 0.6) is 5.75 Å². The van der Waals surface area contributed by atoms with Crippen molar-refractivity contribution in [1.29, 1.82) is 0 Å². The first-order chi connectivity index (χ1) is 15.5. The number of hydrazone groups is 1. The normalized spacial score (nSPS) is 11.1. The summed E-state index contributed by atoms with van der Waals surface area (Å²) in [5.41, 5.74) is 3.33. The Morgan fingerprint density at radius 3 is 2.66 bits per heavy atom. The van der Waals surface area contributed by atoms with Crippen molar-refractivity contribution in [1.82, 2.24) is 10.4 Å². The highest BCUT2D eigenvalue weighted by atomic mass is 32.2. The number of sulfonamides is 1. The lowest BCUT2D eigenvalue weighted by molar-refractivity contribution is -0.119. The van der Waals surface area contributed by atoms with E-state index in [9.17, 15) is 13.2 Å². The van der Waals surface area contributed by atoms with Crippen molar-refractivity contribution in [3.63, 3.8) is 0 Å². The standard InChI is InChI=1S/C23H22N4O4S/c1-2-14-31-21-10-6-8-19(15-21)16-25-26-23(28)18-27(20-9-7-13-24-17-20)32(29,30)22-11-4-3-5-12-22/h2-13,15-17H,1,14,18H2,(H,26,28)/b25-16-. The third kappa shape index (κ3) is 6.02. The molecule has 0 aliphatic heterocycles. The number of anilines is 1. The fourth-order valence-corrected chi connectivity index (χ4v) is 4.15. The van der Waals surface area contributed by atoms with Gasteiger partial charge in [0.05, 0.1) is 23.0 Å². The van der Waals surface area contributed by atoms with Crippen LogP contribution in [-0.2, 0) is 14.8 Å². The molecule has 0 bridgehead atoms. The summed E-state index contributed by atoms with van der Waals surface area (Å²) >= 11 is 0. The van der Waals surface area contributed by atoms with Crippen molar-refractivity contribution in [3.8, 4) is 5.75 Å². The van der Waals surface area contributed by atoms with Gasteiger partial charge in [-0.3, -0.25) is 14.1 Å². The molecule has 0 saturated heterocycles. The molecular weight excluding hydrogens is 428 g/mol. The molecule has 3 aromatic rings. The summed E-state index contributed by atoms with van der Waals surface area (Å²) < 4.78 is 32.7. The molecular formula is C23H22N4O4S.